The summed E-state index contributed by atoms with van der Waals surface area (Å²) in [5.41, 5.74) is 6.02. The maximum absolute atomic E-state index is 5.94. The van der Waals surface area contributed by atoms with Gasteiger partial charge in [0.2, 0.25) is 4.77 Å². The fourth-order valence-corrected chi connectivity index (χ4v) is 4.80. The average molecular weight is 428 g/mol. The van der Waals surface area contributed by atoms with E-state index < -0.39 is 0 Å². The molecule has 31 heavy (non-hydrogen) atoms. The molecule has 1 aliphatic rings. The molecule has 1 aliphatic carbocycles. The summed E-state index contributed by atoms with van der Waals surface area (Å²) in [6, 6.07) is 21.4. The van der Waals surface area contributed by atoms with Gasteiger partial charge in [0.1, 0.15) is 0 Å². The minimum atomic E-state index is 0.378. The Labute approximate surface area is 187 Å². The molecule has 0 aliphatic heterocycles. The summed E-state index contributed by atoms with van der Waals surface area (Å²) in [6.45, 7) is 2.73. The van der Waals surface area contributed by atoms with Crippen LogP contribution < -0.4 is 0 Å². The molecule has 0 spiro atoms. The molecule has 2 aromatic carbocycles. The summed E-state index contributed by atoms with van der Waals surface area (Å²) < 4.78 is 4.69. The first-order valence-electron chi connectivity index (χ1n) is 10.6. The van der Waals surface area contributed by atoms with Crippen LogP contribution in [0.3, 0.4) is 0 Å². The second-order valence-corrected chi connectivity index (χ2v) is 8.49. The standard InChI is InChI=1S/C25H25N5S/c1-18-8-3-6-12-22(18)30-24(20-10-7-15-26-16-20)27-29(25(30)31)17-28(2)23-14-13-19-9-4-5-11-21(19)23/h3-12,15-16,23H,13-14,17H2,1-2H3. The molecule has 0 bridgehead atoms. The summed E-state index contributed by atoms with van der Waals surface area (Å²) in [5.74, 6) is 0.813. The first-order valence-corrected chi connectivity index (χ1v) is 11.0. The molecule has 2 heterocycles. The Morgan fingerprint density at radius 3 is 2.68 bits per heavy atom. The second kappa shape index (κ2) is 8.21. The van der Waals surface area contributed by atoms with Gasteiger partial charge in [0.05, 0.1) is 12.4 Å². The largest absolute Gasteiger partial charge is 0.280 e. The van der Waals surface area contributed by atoms with E-state index in [0.717, 1.165) is 35.5 Å². The highest BCUT2D eigenvalue weighted by Crippen LogP contribution is 2.35. The third-order valence-corrected chi connectivity index (χ3v) is 6.50. The predicted molar refractivity (Wildman–Crippen MR) is 126 cm³/mol. The molecule has 0 fully saturated rings. The van der Waals surface area contributed by atoms with Crippen molar-refractivity contribution >= 4 is 12.2 Å². The lowest BCUT2D eigenvalue weighted by atomic mass is 10.1. The van der Waals surface area contributed by atoms with Gasteiger partial charge < -0.3 is 0 Å². The third-order valence-electron chi connectivity index (χ3n) is 6.11. The zero-order chi connectivity index (χ0) is 21.4. The van der Waals surface area contributed by atoms with Crippen LogP contribution in [0, 0.1) is 11.7 Å². The molecule has 1 unspecified atom stereocenters. The van der Waals surface area contributed by atoms with Gasteiger partial charge in [-0.05, 0) is 73.9 Å². The van der Waals surface area contributed by atoms with Gasteiger partial charge in [0, 0.05) is 24.0 Å². The topological polar surface area (TPSA) is 38.9 Å². The summed E-state index contributed by atoms with van der Waals surface area (Å²) in [6.07, 6.45) is 5.86. The predicted octanol–water partition coefficient (Wildman–Crippen LogP) is 5.35. The van der Waals surface area contributed by atoms with Crippen molar-refractivity contribution in [3.63, 3.8) is 0 Å². The van der Waals surface area contributed by atoms with Crippen LogP contribution in [0.5, 0.6) is 0 Å². The Bertz CT molecular complexity index is 1270. The molecule has 2 aromatic heterocycles. The number of fused-ring (bicyclic) bond motifs is 1. The number of aryl methyl sites for hydroxylation is 2. The minimum Gasteiger partial charge on any atom is -0.280 e. The van der Waals surface area contributed by atoms with E-state index in [1.807, 2.05) is 35.1 Å². The van der Waals surface area contributed by atoms with Crippen LogP contribution in [0.4, 0.5) is 0 Å². The molecule has 0 amide bonds. The number of hydrogen-bond acceptors (Lipinski definition) is 4. The van der Waals surface area contributed by atoms with Crippen molar-refractivity contribution in [3.05, 3.63) is 94.5 Å². The lowest BCUT2D eigenvalue weighted by molar-refractivity contribution is 0.182. The molecule has 5 nitrogen and oxygen atoms in total. The Morgan fingerprint density at radius 1 is 1.06 bits per heavy atom. The van der Waals surface area contributed by atoms with Crippen LogP contribution in [-0.4, -0.2) is 31.3 Å². The van der Waals surface area contributed by atoms with Crippen LogP contribution in [-0.2, 0) is 13.1 Å². The summed E-state index contributed by atoms with van der Waals surface area (Å²) in [5, 5.41) is 4.96. The van der Waals surface area contributed by atoms with Gasteiger partial charge in [-0.25, -0.2) is 4.68 Å². The van der Waals surface area contributed by atoms with E-state index in [9.17, 15) is 0 Å². The van der Waals surface area contributed by atoms with Gasteiger partial charge in [0.25, 0.3) is 0 Å². The van der Waals surface area contributed by atoms with E-state index >= 15 is 0 Å². The van der Waals surface area contributed by atoms with Crippen molar-refractivity contribution in [2.45, 2.75) is 32.5 Å². The highest BCUT2D eigenvalue weighted by atomic mass is 32.1. The Kier molecular flexibility index (Phi) is 5.26. The molecule has 6 heteroatoms. The van der Waals surface area contributed by atoms with Crippen molar-refractivity contribution < 1.29 is 0 Å². The number of rotatable bonds is 5. The van der Waals surface area contributed by atoms with E-state index in [4.69, 9.17) is 17.3 Å². The van der Waals surface area contributed by atoms with E-state index in [1.54, 1.807) is 6.20 Å². The zero-order valence-electron chi connectivity index (χ0n) is 17.8. The molecule has 0 radical (unpaired) electrons. The van der Waals surface area contributed by atoms with Gasteiger partial charge in [-0.3, -0.25) is 14.5 Å². The van der Waals surface area contributed by atoms with Gasteiger partial charge in [0.15, 0.2) is 5.82 Å². The van der Waals surface area contributed by atoms with Crippen molar-refractivity contribution in [2.75, 3.05) is 7.05 Å². The Hall–Kier alpha value is -3.09. The van der Waals surface area contributed by atoms with E-state index in [-0.39, 0.29) is 0 Å². The first-order chi connectivity index (χ1) is 15.1. The summed E-state index contributed by atoms with van der Waals surface area (Å²) >= 11 is 5.94. The molecule has 4 aromatic rings. The van der Waals surface area contributed by atoms with E-state index in [2.05, 4.69) is 64.8 Å². The van der Waals surface area contributed by atoms with Crippen LogP contribution in [0.25, 0.3) is 17.1 Å². The molecule has 0 saturated heterocycles. The summed E-state index contributed by atoms with van der Waals surface area (Å²) in [4.78, 5) is 6.65. The van der Waals surface area contributed by atoms with Gasteiger partial charge in [-0.1, -0.05) is 42.5 Å². The van der Waals surface area contributed by atoms with Gasteiger partial charge in [-0.2, -0.15) is 0 Å². The maximum atomic E-state index is 5.94. The third kappa shape index (κ3) is 3.62. The van der Waals surface area contributed by atoms with Gasteiger partial charge >= 0.3 is 0 Å². The maximum Gasteiger partial charge on any atom is 0.204 e. The molecular formula is C25H25N5S. The quantitative estimate of drug-likeness (QED) is 0.403. The average Bonchev–Trinajstić information content (AvgIpc) is 3.36. The zero-order valence-corrected chi connectivity index (χ0v) is 18.6. The smallest absolute Gasteiger partial charge is 0.204 e. The summed E-state index contributed by atoms with van der Waals surface area (Å²) in [7, 11) is 2.16. The van der Waals surface area contributed by atoms with Crippen molar-refractivity contribution in [1.82, 2.24) is 24.2 Å². The Morgan fingerprint density at radius 2 is 1.87 bits per heavy atom. The normalized spacial score (nSPS) is 15.4. The molecule has 156 valence electrons. The molecular weight excluding hydrogens is 402 g/mol. The molecule has 5 rings (SSSR count). The van der Waals surface area contributed by atoms with Crippen molar-refractivity contribution in [1.29, 1.82) is 0 Å². The number of benzene rings is 2. The number of nitrogens with zero attached hydrogens (tertiary/aromatic N) is 5. The second-order valence-electron chi connectivity index (χ2n) is 8.12. The number of para-hydroxylation sites is 1. The Balaban J connectivity index is 1.56. The van der Waals surface area contributed by atoms with Crippen LogP contribution in [0.1, 0.15) is 29.2 Å². The fraction of sp³-hybridized carbons (Fsp3) is 0.240. The van der Waals surface area contributed by atoms with Crippen LogP contribution in [0.15, 0.2) is 73.1 Å². The monoisotopic (exact) mass is 427 g/mol. The lowest BCUT2D eigenvalue weighted by Crippen LogP contribution is -2.26. The van der Waals surface area contributed by atoms with Crippen molar-refractivity contribution in [3.8, 4) is 17.1 Å². The highest BCUT2D eigenvalue weighted by Gasteiger charge is 2.26. The number of hydrogen-bond donors (Lipinski definition) is 0. The van der Waals surface area contributed by atoms with Gasteiger partial charge in [-0.15, -0.1) is 5.10 Å². The van der Waals surface area contributed by atoms with E-state index in [0.29, 0.717) is 17.5 Å². The SMILES string of the molecule is Cc1ccccc1-n1c(-c2cccnc2)nn(CN(C)C2CCc3ccccc32)c1=S. The molecule has 0 saturated carbocycles. The number of aromatic nitrogens is 4. The highest BCUT2D eigenvalue weighted by molar-refractivity contribution is 7.71. The van der Waals surface area contributed by atoms with Crippen LogP contribution in [0.2, 0.25) is 0 Å². The lowest BCUT2D eigenvalue weighted by Gasteiger charge is -2.24. The minimum absolute atomic E-state index is 0.378. The van der Waals surface area contributed by atoms with Crippen molar-refractivity contribution in [2.24, 2.45) is 0 Å². The molecule has 0 N–H and O–H groups in total. The fourth-order valence-electron chi connectivity index (χ4n) is 4.52. The number of pyridine rings is 1. The first kappa shape index (κ1) is 19.8. The van der Waals surface area contributed by atoms with E-state index in [1.165, 1.54) is 11.1 Å². The molecule has 1 atom stereocenters. The van der Waals surface area contributed by atoms with Crippen LogP contribution >= 0.6 is 12.2 Å².